The monoisotopic (exact) mass is 370 g/mol. The molecule has 142 valence electrons. The van der Waals surface area contributed by atoms with Crippen LogP contribution in [0.15, 0.2) is 18.2 Å². The number of nitrogens with one attached hydrogen (secondary N) is 1. The molecule has 1 N–H and O–H groups in total. The summed E-state index contributed by atoms with van der Waals surface area (Å²) in [5.41, 5.74) is 1.45. The Morgan fingerprint density at radius 1 is 1.04 bits per heavy atom. The number of amides is 4. The van der Waals surface area contributed by atoms with Crippen molar-refractivity contribution >= 4 is 29.3 Å². The zero-order chi connectivity index (χ0) is 19.1. The van der Waals surface area contributed by atoms with Crippen LogP contribution in [0, 0.1) is 0 Å². The third kappa shape index (κ3) is 2.90. The van der Waals surface area contributed by atoms with E-state index in [1.54, 1.807) is 12.1 Å². The molecule has 0 bridgehead atoms. The molecule has 8 nitrogen and oxygen atoms in total. The number of benzene rings is 1. The third-order valence-electron chi connectivity index (χ3n) is 5.61. The van der Waals surface area contributed by atoms with Gasteiger partial charge in [0, 0.05) is 32.6 Å². The molecule has 8 heteroatoms. The van der Waals surface area contributed by atoms with Crippen molar-refractivity contribution in [3.63, 3.8) is 0 Å². The Morgan fingerprint density at radius 2 is 1.78 bits per heavy atom. The molecule has 3 aliphatic heterocycles. The fraction of sp³-hybridized carbons (Fsp3) is 0.474. The summed E-state index contributed by atoms with van der Waals surface area (Å²) in [5.74, 6) is -1.86. The average Bonchev–Trinajstić information content (AvgIpc) is 2.93. The number of piperazine rings is 1. The Labute approximate surface area is 157 Å². The Balaban J connectivity index is 1.64. The summed E-state index contributed by atoms with van der Waals surface area (Å²) >= 11 is 0. The molecule has 2 fully saturated rings. The van der Waals surface area contributed by atoms with E-state index in [4.69, 9.17) is 0 Å². The summed E-state index contributed by atoms with van der Waals surface area (Å²) in [5, 5.41) is 2.22. The van der Waals surface area contributed by atoms with Gasteiger partial charge in [-0.2, -0.15) is 0 Å². The van der Waals surface area contributed by atoms with Crippen LogP contribution in [0.5, 0.6) is 0 Å². The van der Waals surface area contributed by atoms with Gasteiger partial charge >= 0.3 is 0 Å². The van der Waals surface area contributed by atoms with Crippen molar-refractivity contribution in [1.29, 1.82) is 0 Å². The molecule has 0 spiro atoms. The van der Waals surface area contributed by atoms with Gasteiger partial charge in [0.25, 0.3) is 11.8 Å². The van der Waals surface area contributed by atoms with Crippen LogP contribution in [0.4, 0.5) is 5.69 Å². The molecular weight excluding hydrogens is 348 g/mol. The minimum absolute atomic E-state index is 0.121. The van der Waals surface area contributed by atoms with Gasteiger partial charge in [-0.25, -0.2) is 0 Å². The largest absolute Gasteiger partial charge is 0.368 e. The van der Waals surface area contributed by atoms with E-state index in [1.807, 2.05) is 6.07 Å². The van der Waals surface area contributed by atoms with E-state index in [9.17, 15) is 19.2 Å². The molecule has 4 rings (SSSR count). The zero-order valence-electron chi connectivity index (χ0n) is 15.2. The Hall–Kier alpha value is -2.74. The molecule has 0 radical (unpaired) electrons. The van der Waals surface area contributed by atoms with Gasteiger partial charge in [-0.1, -0.05) is 13.0 Å². The first-order valence-electron chi connectivity index (χ1n) is 9.33. The minimum Gasteiger partial charge on any atom is -0.368 e. The van der Waals surface area contributed by atoms with E-state index in [2.05, 4.69) is 22.0 Å². The molecule has 1 unspecified atom stereocenters. The van der Waals surface area contributed by atoms with Crippen LogP contribution >= 0.6 is 0 Å². The quantitative estimate of drug-likeness (QED) is 0.766. The number of anilines is 1. The molecular formula is C19H22N4O4. The molecule has 0 aliphatic carbocycles. The highest BCUT2D eigenvalue weighted by molar-refractivity contribution is 6.25. The fourth-order valence-electron chi connectivity index (χ4n) is 4.07. The van der Waals surface area contributed by atoms with Crippen molar-refractivity contribution in [2.24, 2.45) is 0 Å². The molecule has 1 aromatic rings. The first kappa shape index (κ1) is 17.7. The maximum Gasteiger partial charge on any atom is 0.264 e. The van der Waals surface area contributed by atoms with Crippen molar-refractivity contribution < 1.29 is 19.2 Å². The van der Waals surface area contributed by atoms with Gasteiger partial charge in [0.15, 0.2) is 0 Å². The lowest BCUT2D eigenvalue weighted by Crippen LogP contribution is -2.54. The molecule has 1 aromatic carbocycles. The predicted molar refractivity (Wildman–Crippen MR) is 97.4 cm³/mol. The first-order chi connectivity index (χ1) is 13.0. The number of likely N-dealkylation sites (N-methyl/N-ethyl adjacent to an activating group) is 1. The highest BCUT2D eigenvalue weighted by atomic mass is 16.2. The van der Waals surface area contributed by atoms with Crippen LogP contribution < -0.4 is 10.2 Å². The van der Waals surface area contributed by atoms with E-state index < -0.39 is 23.8 Å². The molecule has 3 aliphatic rings. The van der Waals surface area contributed by atoms with Gasteiger partial charge in [0.05, 0.1) is 16.8 Å². The van der Waals surface area contributed by atoms with Crippen LogP contribution in [0.3, 0.4) is 0 Å². The number of rotatable bonds is 3. The Bertz CT molecular complexity index is 829. The summed E-state index contributed by atoms with van der Waals surface area (Å²) in [7, 11) is 0. The second kappa shape index (κ2) is 6.77. The number of carbonyl (C=O) groups excluding carboxylic acids is 4. The standard InChI is InChI=1S/C19H22N4O4/c1-2-21-8-10-22(11-9-21)13-5-3-4-12-16(13)19(27)23(18(12)26)14-6-7-15(24)20-17(14)25/h3-5,14H,2,6-11H2,1H3,(H,20,24,25). The molecule has 0 aromatic heterocycles. The number of imide groups is 2. The summed E-state index contributed by atoms with van der Waals surface area (Å²) in [6.07, 6.45) is 0.288. The normalized spacial score (nSPS) is 23.7. The van der Waals surface area contributed by atoms with Crippen LogP contribution in [0.1, 0.15) is 40.5 Å². The molecule has 2 saturated heterocycles. The van der Waals surface area contributed by atoms with Gasteiger partial charge < -0.3 is 9.80 Å². The summed E-state index contributed by atoms with van der Waals surface area (Å²) in [4.78, 5) is 55.1. The van der Waals surface area contributed by atoms with Gasteiger partial charge in [0.1, 0.15) is 6.04 Å². The molecule has 4 amide bonds. The molecule has 0 saturated carbocycles. The van der Waals surface area contributed by atoms with Gasteiger partial charge in [-0.05, 0) is 25.1 Å². The highest BCUT2D eigenvalue weighted by Crippen LogP contribution is 2.34. The molecule has 27 heavy (non-hydrogen) atoms. The van der Waals surface area contributed by atoms with Crippen LogP contribution in [-0.2, 0) is 9.59 Å². The van der Waals surface area contributed by atoms with Gasteiger partial charge in [-0.3, -0.25) is 29.4 Å². The van der Waals surface area contributed by atoms with Crippen molar-refractivity contribution in [3.05, 3.63) is 29.3 Å². The van der Waals surface area contributed by atoms with E-state index in [-0.39, 0.29) is 18.7 Å². The van der Waals surface area contributed by atoms with E-state index in [0.717, 1.165) is 43.3 Å². The van der Waals surface area contributed by atoms with Crippen LogP contribution in [0.25, 0.3) is 0 Å². The smallest absolute Gasteiger partial charge is 0.264 e. The lowest BCUT2D eigenvalue weighted by atomic mass is 10.0. The van der Waals surface area contributed by atoms with Crippen molar-refractivity contribution in [2.45, 2.75) is 25.8 Å². The summed E-state index contributed by atoms with van der Waals surface area (Å²) < 4.78 is 0. The van der Waals surface area contributed by atoms with Crippen LogP contribution in [0.2, 0.25) is 0 Å². The van der Waals surface area contributed by atoms with Crippen LogP contribution in [-0.4, -0.2) is 72.2 Å². The van der Waals surface area contributed by atoms with E-state index in [0.29, 0.717) is 11.1 Å². The Morgan fingerprint density at radius 3 is 2.44 bits per heavy atom. The maximum atomic E-state index is 13.1. The lowest BCUT2D eigenvalue weighted by molar-refractivity contribution is -0.136. The number of hydrogen-bond donors (Lipinski definition) is 1. The van der Waals surface area contributed by atoms with Gasteiger partial charge in [0.2, 0.25) is 11.8 Å². The second-order valence-electron chi connectivity index (χ2n) is 7.07. The third-order valence-corrected chi connectivity index (χ3v) is 5.61. The molecule has 3 heterocycles. The average molecular weight is 370 g/mol. The fourth-order valence-corrected chi connectivity index (χ4v) is 4.07. The minimum atomic E-state index is -0.931. The van der Waals surface area contributed by atoms with E-state index >= 15 is 0 Å². The van der Waals surface area contributed by atoms with E-state index in [1.165, 1.54) is 0 Å². The second-order valence-corrected chi connectivity index (χ2v) is 7.07. The lowest BCUT2D eigenvalue weighted by Gasteiger charge is -2.36. The summed E-state index contributed by atoms with van der Waals surface area (Å²) in [6, 6.07) is 4.34. The SMILES string of the molecule is CCN1CCN(c2cccc3c2C(=O)N(C2CCC(=O)NC2=O)C3=O)CC1. The predicted octanol–water partition coefficient (Wildman–Crippen LogP) is 0.230. The summed E-state index contributed by atoms with van der Waals surface area (Å²) in [6.45, 7) is 6.48. The number of nitrogens with zero attached hydrogens (tertiary/aromatic N) is 3. The number of carbonyl (C=O) groups is 4. The van der Waals surface area contributed by atoms with Crippen molar-refractivity contribution in [1.82, 2.24) is 15.1 Å². The van der Waals surface area contributed by atoms with Crippen molar-refractivity contribution in [2.75, 3.05) is 37.6 Å². The first-order valence-corrected chi connectivity index (χ1v) is 9.33. The number of piperidine rings is 1. The van der Waals surface area contributed by atoms with Gasteiger partial charge in [-0.15, -0.1) is 0 Å². The number of fused-ring (bicyclic) bond motifs is 1. The maximum absolute atomic E-state index is 13.1. The highest BCUT2D eigenvalue weighted by Gasteiger charge is 2.46. The number of hydrogen-bond acceptors (Lipinski definition) is 6. The van der Waals surface area contributed by atoms with Crippen molar-refractivity contribution in [3.8, 4) is 0 Å². The zero-order valence-corrected chi connectivity index (χ0v) is 15.2. The Kier molecular flexibility index (Phi) is 4.43. The topological polar surface area (TPSA) is 90.0 Å². The molecule has 1 atom stereocenters.